The highest BCUT2D eigenvalue weighted by Crippen LogP contribution is 2.49. The molecule has 4 heteroatoms. The number of alkyl halides is 1. The Kier molecular flexibility index (Phi) is 1.84. The van der Waals surface area contributed by atoms with Crippen molar-refractivity contribution >= 4 is 5.97 Å². The molecule has 2 fully saturated rings. The SMILES string of the molecule is CC(=O)O[C@@H]1C[C@@H]2O[C@]2(C)[C@@H](F)C1. The standard InChI is InChI=1S/C9H13FO3/c1-5(11)12-6-3-7(10)9(2)8(4-6)13-9/h6-8H,3-4H2,1-2H3/t6-,7-,8-,9+/m0/s1. The van der Waals surface area contributed by atoms with E-state index in [2.05, 4.69) is 0 Å². The maximum atomic E-state index is 13.4. The van der Waals surface area contributed by atoms with Crippen LogP contribution in [0.3, 0.4) is 0 Å². The van der Waals surface area contributed by atoms with Gasteiger partial charge in [-0.2, -0.15) is 0 Å². The number of halogens is 1. The monoisotopic (exact) mass is 188 g/mol. The number of carbonyl (C=O) groups is 1. The number of hydrogen-bond acceptors (Lipinski definition) is 3. The fourth-order valence-corrected chi connectivity index (χ4v) is 1.96. The Morgan fingerprint density at radius 1 is 1.62 bits per heavy atom. The summed E-state index contributed by atoms with van der Waals surface area (Å²) in [7, 11) is 0. The van der Waals surface area contributed by atoms with Crippen molar-refractivity contribution in [2.24, 2.45) is 0 Å². The van der Waals surface area contributed by atoms with E-state index in [0.717, 1.165) is 0 Å². The minimum atomic E-state index is -1.00. The summed E-state index contributed by atoms with van der Waals surface area (Å²) in [6.07, 6.45) is -0.451. The first kappa shape index (κ1) is 8.94. The summed E-state index contributed by atoms with van der Waals surface area (Å²) >= 11 is 0. The van der Waals surface area contributed by atoms with Crippen LogP contribution in [0.5, 0.6) is 0 Å². The van der Waals surface area contributed by atoms with E-state index in [1.54, 1.807) is 6.92 Å². The smallest absolute Gasteiger partial charge is 0.302 e. The Hall–Kier alpha value is -0.640. The largest absolute Gasteiger partial charge is 0.462 e. The maximum absolute atomic E-state index is 13.4. The lowest BCUT2D eigenvalue weighted by atomic mass is 9.87. The van der Waals surface area contributed by atoms with Crippen LogP contribution in [0.25, 0.3) is 0 Å². The van der Waals surface area contributed by atoms with Crippen LogP contribution < -0.4 is 0 Å². The molecule has 4 atom stereocenters. The topological polar surface area (TPSA) is 38.8 Å². The van der Waals surface area contributed by atoms with Crippen molar-refractivity contribution in [1.29, 1.82) is 0 Å². The summed E-state index contributed by atoms with van der Waals surface area (Å²) < 4.78 is 23.6. The van der Waals surface area contributed by atoms with Gasteiger partial charge in [0.15, 0.2) is 0 Å². The van der Waals surface area contributed by atoms with Crippen molar-refractivity contribution in [2.75, 3.05) is 0 Å². The molecule has 0 aromatic heterocycles. The first-order valence-electron chi connectivity index (χ1n) is 4.51. The summed E-state index contributed by atoms with van der Waals surface area (Å²) in [5, 5.41) is 0. The van der Waals surface area contributed by atoms with Gasteiger partial charge in [-0.15, -0.1) is 0 Å². The number of esters is 1. The van der Waals surface area contributed by atoms with Crippen LogP contribution in [0.4, 0.5) is 4.39 Å². The first-order valence-corrected chi connectivity index (χ1v) is 4.51. The van der Waals surface area contributed by atoms with E-state index < -0.39 is 11.8 Å². The van der Waals surface area contributed by atoms with Gasteiger partial charge in [0.25, 0.3) is 0 Å². The predicted octanol–water partition coefficient (Wildman–Crippen LogP) is 1.21. The highest BCUT2D eigenvalue weighted by atomic mass is 19.1. The number of carbonyl (C=O) groups excluding carboxylic acids is 1. The second kappa shape index (κ2) is 2.67. The zero-order valence-corrected chi connectivity index (χ0v) is 7.75. The summed E-state index contributed by atoms with van der Waals surface area (Å²) in [6.45, 7) is 3.11. The molecule has 1 aliphatic carbocycles. The van der Waals surface area contributed by atoms with E-state index in [0.29, 0.717) is 6.42 Å². The Morgan fingerprint density at radius 2 is 2.31 bits per heavy atom. The van der Waals surface area contributed by atoms with E-state index in [-0.39, 0.29) is 24.6 Å². The van der Waals surface area contributed by atoms with Crippen LogP contribution in [0.15, 0.2) is 0 Å². The van der Waals surface area contributed by atoms with Crippen LogP contribution in [0, 0.1) is 0 Å². The molecule has 1 aliphatic heterocycles. The summed E-state index contributed by atoms with van der Waals surface area (Å²) in [5.41, 5.74) is -0.587. The van der Waals surface area contributed by atoms with E-state index in [4.69, 9.17) is 9.47 Å². The Bertz CT molecular complexity index is 243. The molecule has 0 aromatic carbocycles. The molecule has 0 radical (unpaired) electrons. The third kappa shape index (κ3) is 1.43. The normalized spacial score (nSPS) is 48.1. The minimum absolute atomic E-state index is 0.0550. The molecule has 0 bridgehead atoms. The summed E-state index contributed by atoms with van der Waals surface area (Å²) in [4.78, 5) is 10.6. The Labute approximate surface area is 76.2 Å². The van der Waals surface area contributed by atoms with Gasteiger partial charge in [-0.1, -0.05) is 0 Å². The molecule has 0 aromatic rings. The van der Waals surface area contributed by atoms with Crippen molar-refractivity contribution in [1.82, 2.24) is 0 Å². The van der Waals surface area contributed by atoms with Gasteiger partial charge in [0.1, 0.15) is 17.9 Å². The molecule has 1 heterocycles. The van der Waals surface area contributed by atoms with Crippen molar-refractivity contribution in [2.45, 2.75) is 50.7 Å². The molecule has 1 saturated carbocycles. The lowest BCUT2D eigenvalue weighted by Crippen LogP contribution is -2.37. The molecule has 0 amide bonds. The third-order valence-electron chi connectivity index (χ3n) is 2.88. The Morgan fingerprint density at radius 3 is 2.85 bits per heavy atom. The van der Waals surface area contributed by atoms with Crippen LogP contribution in [0.1, 0.15) is 26.7 Å². The molecule has 0 unspecified atom stereocenters. The van der Waals surface area contributed by atoms with E-state index in [9.17, 15) is 9.18 Å². The number of ether oxygens (including phenoxy) is 2. The predicted molar refractivity (Wildman–Crippen MR) is 43.0 cm³/mol. The third-order valence-corrected chi connectivity index (χ3v) is 2.88. The molecule has 0 N–H and O–H groups in total. The van der Waals surface area contributed by atoms with Crippen molar-refractivity contribution < 1.29 is 18.7 Å². The summed E-state index contributed by atoms with van der Waals surface area (Å²) in [6, 6.07) is 0. The first-order chi connectivity index (χ1) is 6.02. The lowest BCUT2D eigenvalue weighted by molar-refractivity contribution is -0.148. The van der Waals surface area contributed by atoms with Gasteiger partial charge >= 0.3 is 5.97 Å². The van der Waals surface area contributed by atoms with E-state index in [1.807, 2.05) is 0 Å². The highest BCUT2D eigenvalue weighted by Gasteiger charge is 2.62. The molecule has 13 heavy (non-hydrogen) atoms. The zero-order chi connectivity index (χ0) is 9.64. The van der Waals surface area contributed by atoms with Gasteiger partial charge in [0.05, 0.1) is 6.10 Å². The van der Waals surface area contributed by atoms with Crippen LogP contribution in [0.2, 0.25) is 0 Å². The molecule has 2 aliphatic rings. The highest BCUT2D eigenvalue weighted by molar-refractivity contribution is 5.66. The number of epoxide rings is 1. The number of fused-ring (bicyclic) bond motifs is 1. The number of rotatable bonds is 1. The van der Waals surface area contributed by atoms with Gasteiger partial charge in [-0.25, -0.2) is 4.39 Å². The summed E-state index contributed by atoms with van der Waals surface area (Å²) in [5.74, 6) is -0.346. The fourth-order valence-electron chi connectivity index (χ4n) is 1.96. The molecular weight excluding hydrogens is 175 g/mol. The van der Waals surface area contributed by atoms with Gasteiger partial charge in [0.2, 0.25) is 0 Å². The molecule has 3 nitrogen and oxygen atoms in total. The van der Waals surface area contributed by atoms with Crippen molar-refractivity contribution in [3.63, 3.8) is 0 Å². The van der Waals surface area contributed by atoms with Crippen molar-refractivity contribution in [3.05, 3.63) is 0 Å². The maximum Gasteiger partial charge on any atom is 0.302 e. The molecule has 1 saturated heterocycles. The van der Waals surface area contributed by atoms with Crippen LogP contribution in [-0.2, 0) is 14.3 Å². The Balaban J connectivity index is 1.94. The average Bonchev–Trinajstić information content (AvgIpc) is 2.61. The minimum Gasteiger partial charge on any atom is -0.462 e. The number of hydrogen-bond donors (Lipinski definition) is 0. The molecule has 2 rings (SSSR count). The van der Waals surface area contributed by atoms with E-state index in [1.165, 1.54) is 6.92 Å². The quantitative estimate of drug-likeness (QED) is 0.458. The molecule has 74 valence electrons. The van der Waals surface area contributed by atoms with Crippen molar-refractivity contribution in [3.8, 4) is 0 Å². The molecular formula is C9H13FO3. The van der Waals surface area contributed by atoms with Crippen LogP contribution in [-0.4, -0.2) is 29.9 Å². The van der Waals surface area contributed by atoms with Gasteiger partial charge in [-0.3, -0.25) is 4.79 Å². The average molecular weight is 188 g/mol. The fraction of sp³-hybridized carbons (Fsp3) is 0.889. The lowest BCUT2D eigenvalue weighted by Gasteiger charge is -2.25. The van der Waals surface area contributed by atoms with Gasteiger partial charge in [0, 0.05) is 19.8 Å². The van der Waals surface area contributed by atoms with E-state index >= 15 is 0 Å². The van der Waals surface area contributed by atoms with Gasteiger partial charge < -0.3 is 9.47 Å². The zero-order valence-electron chi connectivity index (χ0n) is 7.75. The second-order valence-electron chi connectivity index (χ2n) is 3.96. The molecule has 0 spiro atoms. The second-order valence-corrected chi connectivity index (χ2v) is 3.96. The van der Waals surface area contributed by atoms with Gasteiger partial charge in [-0.05, 0) is 6.92 Å². The van der Waals surface area contributed by atoms with Crippen LogP contribution >= 0.6 is 0 Å².